The first-order valence-electron chi connectivity index (χ1n) is 6.73. The van der Waals surface area contributed by atoms with E-state index in [1.807, 2.05) is 24.3 Å². The predicted molar refractivity (Wildman–Crippen MR) is 77.9 cm³/mol. The van der Waals surface area contributed by atoms with Crippen molar-refractivity contribution in [1.82, 2.24) is 4.72 Å². The molecule has 1 fully saturated rings. The molecule has 0 spiro atoms. The molecule has 1 aliphatic carbocycles. The molecule has 0 saturated heterocycles. The Hall–Kier alpha value is -1.43. The topological polar surface area (TPSA) is 66.4 Å². The summed E-state index contributed by atoms with van der Waals surface area (Å²) < 4.78 is 26.9. The lowest BCUT2D eigenvalue weighted by Gasteiger charge is -2.11. The predicted octanol–water partition coefficient (Wildman–Crippen LogP) is 1.89. The zero-order valence-electron chi connectivity index (χ0n) is 11.0. The van der Waals surface area contributed by atoms with Gasteiger partial charge in [0.2, 0.25) is 10.0 Å². The van der Waals surface area contributed by atoms with Crippen LogP contribution in [0, 0.1) is 5.92 Å². The lowest BCUT2D eigenvalue weighted by molar-refractivity contribution is 0.155. The van der Waals surface area contributed by atoms with Gasteiger partial charge in [-0.25, -0.2) is 13.1 Å². The van der Waals surface area contributed by atoms with Gasteiger partial charge in [-0.15, -0.1) is 0 Å². The van der Waals surface area contributed by atoms with Crippen molar-refractivity contribution in [1.29, 1.82) is 0 Å². The van der Waals surface area contributed by atoms with Crippen LogP contribution in [0.4, 0.5) is 0 Å². The fourth-order valence-electron chi connectivity index (χ4n) is 2.26. The van der Waals surface area contributed by atoms with Crippen LogP contribution >= 0.6 is 0 Å². The summed E-state index contributed by atoms with van der Waals surface area (Å²) in [4.78, 5) is 0.235. The summed E-state index contributed by atoms with van der Waals surface area (Å²) in [6.45, 7) is 0.0832. The maximum absolute atomic E-state index is 12.2. The summed E-state index contributed by atoms with van der Waals surface area (Å²) in [6.07, 6.45) is 1.39. The fourth-order valence-corrected chi connectivity index (χ4v) is 3.35. The molecular weight excluding hydrogens is 274 g/mol. The minimum Gasteiger partial charge on any atom is -0.391 e. The van der Waals surface area contributed by atoms with Crippen molar-refractivity contribution in [3.05, 3.63) is 42.5 Å². The van der Waals surface area contributed by atoms with Crippen LogP contribution < -0.4 is 4.72 Å². The molecule has 0 aromatic heterocycles. The van der Waals surface area contributed by atoms with Crippen molar-refractivity contribution in [3.63, 3.8) is 0 Å². The Morgan fingerprint density at radius 3 is 2.55 bits per heavy atom. The van der Waals surface area contributed by atoms with Gasteiger partial charge in [0.15, 0.2) is 0 Å². The lowest BCUT2D eigenvalue weighted by Crippen LogP contribution is -2.33. The van der Waals surface area contributed by atoms with Gasteiger partial charge in [-0.3, -0.25) is 0 Å². The summed E-state index contributed by atoms with van der Waals surface area (Å²) >= 11 is 0. The molecule has 5 heteroatoms. The van der Waals surface area contributed by atoms with Crippen LogP contribution in [-0.2, 0) is 10.0 Å². The maximum Gasteiger partial charge on any atom is 0.240 e. The molecule has 1 aliphatic rings. The van der Waals surface area contributed by atoms with Gasteiger partial charge < -0.3 is 5.11 Å². The van der Waals surface area contributed by atoms with Gasteiger partial charge in [0, 0.05) is 6.54 Å². The molecule has 0 aliphatic heterocycles. The van der Waals surface area contributed by atoms with E-state index in [2.05, 4.69) is 4.72 Å². The molecule has 2 N–H and O–H groups in total. The van der Waals surface area contributed by atoms with E-state index >= 15 is 0 Å². The van der Waals surface area contributed by atoms with Crippen LogP contribution in [0.3, 0.4) is 0 Å². The third kappa shape index (κ3) is 2.85. The first-order chi connectivity index (χ1) is 9.56. The van der Waals surface area contributed by atoms with Crippen LogP contribution in [0.5, 0.6) is 0 Å². The normalized spacial score (nSPS) is 17.2. The standard InChI is InChI=1S/C15H17NO3S/c17-15(12-5-6-12)10-16-20(18,19)14-8-7-11-3-1-2-4-13(11)9-14/h1-4,7-9,12,15-17H,5-6,10H2. The van der Waals surface area contributed by atoms with Crippen molar-refractivity contribution in [2.75, 3.05) is 6.54 Å². The van der Waals surface area contributed by atoms with E-state index < -0.39 is 16.1 Å². The van der Waals surface area contributed by atoms with Crippen molar-refractivity contribution in [2.24, 2.45) is 5.92 Å². The van der Waals surface area contributed by atoms with E-state index in [0.29, 0.717) is 0 Å². The number of hydrogen-bond donors (Lipinski definition) is 2. The molecular formula is C15H17NO3S. The number of rotatable bonds is 5. The van der Waals surface area contributed by atoms with Crippen molar-refractivity contribution >= 4 is 20.8 Å². The van der Waals surface area contributed by atoms with E-state index in [-0.39, 0.29) is 17.4 Å². The third-order valence-corrected chi connectivity index (χ3v) is 5.10. The van der Waals surface area contributed by atoms with Crippen molar-refractivity contribution in [2.45, 2.75) is 23.8 Å². The van der Waals surface area contributed by atoms with Gasteiger partial charge in [0.25, 0.3) is 0 Å². The van der Waals surface area contributed by atoms with E-state index in [4.69, 9.17) is 0 Å². The SMILES string of the molecule is O=S(=O)(NCC(O)C1CC1)c1ccc2ccccc2c1. The smallest absolute Gasteiger partial charge is 0.240 e. The number of benzene rings is 2. The number of fused-ring (bicyclic) bond motifs is 1. The van der Waals surface area contributed by atoms with Gasteiger partial charge in [-0.05, 0) is 41.7 Å². The zero-order valence-corrected chi connectivity index (χ0v) is 11.8. The van der Waals surface area contributed by atoms with Gasteiger partial charge in [0.1, 0.15) is 0 Å². The first kappa shape index (κ1) is 13.5. The monoisotopic (exact) mass is 291 g/mol. The number of hydrogen-bond acceptors (Lipinski definition) is 3. The van der Waals surface area contributed by atoms with Crippen LogP contribution in [-0.4, -0.2) is 26.2 Å². The first-order valence-corrected chi connectivity index (χ1v) is 8.21. The molecule has 1 saturated carbocycles. The summed E-state index contributed by atoms with van der Waals surface area (Å²) in [5, 5.41) is 11.6. The van der Waals surface area contributed by atoms with E-state index in [9.17, 15) is 13.5 Å². The average Bonchev–Trinajstić information content (AvgIpc) is 3.29. The summed E-state index contributed by atoms with van der Waals surface area (Å²) in [5.74, 6) is 0.259. The maximum atomic E-state index is 12.2. The van der Waals surface area contributed by atoms with Gasteiger partial charge in [-0.1, -0.05) is 30.3 Å². The quantitative estimate of drug-likeness (QED) is 0.884. The largest absolute Gasteiger partial charge is 0.391 e. The Kier molecular flexibility index (Phi) is 3.50. The second-order valence-electron chi connectivity index (χ2n) is 5.27. The highest BCUT2D eigenvalue weighted by atomic mass is 32.2. The molecule has 0 radical (unpaired) electrons. The van der Waals surface area contributed by atoms with Crippen LogP contribution in [0.2, 0.25) is 0 Å². The van der Waals surface area contributed by atoms with Crippen LogP contribution in [0.25, 0.3) is 10.8 Å². The third-order valence-electron chi connectivity index (χ3n) is 3.68. The molecule has 106 valence electrons. The second kappa shape index (κ2) is 5.16. The Morgan fingerprint density at radius 2 is 1.85 bits per heavy atom. The highest BCUT2D eigenvalue weighted by Crippen LogP contribution is 2.32. The van der Waals surface area contributed by atoms with E-state index in [1.54, 1.807) is 18.2 Å². The Morgan fingerprint density at radius 1 is 1.15 bits per heavy atom. The Balaban J connectivity index is 1.80. The molecule has 20 heavy (non-hydrogen) atoms. The fraction of sp³-hybridized carbons (Fsp3) is 0.333. The molecule has 1 unspecified atom stereocenters. The Bertz CT molecular complexity index is 723. The summed E-state index contributed by atoms with van der Waals surface area (Å²) in [6, 6.07) is 12.7. The number of sulfonamides is 1. The van der Waals surface area contributed by atoms with Crippen LogP contribution in [0.15, 0.2) is 47.4 Å². The molecule has 0 bridgehead atoms. The summed E-state index contributed by atoms with van der Waals surface area (Å²) in [5.41, 5.74) is 0. The average molecular weight is 291 g/mol. The van der Waals surface area contributed by atoms with Gasteiger partial charge in [-0.2, -0.15) is 0 Å². The zero-order chi connectivity index (χ0) is 14.2. The molecule has 3 rings (SSSR count). The minimum absolute atomic E-state index is 0.0832. The summed E-state index contributed by atoms with van der Waals surface area (Å²) in [7, 11) is -3.56. The molecule has 0 heterocycles. The van der Waals surface area contributed by atoms with Gasteiger partial charge in [0.05, 0.1) is 11.0 Å². The lowest BCUT2D eigenvalue weighted by atomic mass is 10.1. The highest BCUT2D eigenvalue weighted by molar-refractivity contribution is 7.89. The number of aliphatic hydroxyl groups is 1. The molecule has 0 amide bonds. The van der Waals surface area contributed by atoms with Crippen LogP contribution in [0.1, 0.15) is 12.8 Å². The molecule has 4 nitrogen and oxygen atoms in total. The van der Waals surface area contributed by atoms with E-state index in [1.165, 1.54) is 0 Å². The minimum atomic E-state index is -3.56. The number of aliphatic hydroxyl groups excluding tert-OH is 1. The van der Waals surface area contributed by atoms with Gasteiger partial charge >= 0.3 is 0 Å². The highest BCUT2D eigenvalue weighted by Gasteiger charge is 2.30. The number of nitrogens with one attached hydrogen (secondary N) is 1. The van der Waals surface area contributed by atoms with E-state index in [0.717, 1.165) is 23.6 Å². The van der Waals surface area contributed by atoms with Crippen molar-refractivity contribution in [3.8, 4) is 0 Å². The Labute approximate surface area is 118 Å². The molecule has 2 aromatic carbocycles. The molecule has 2 aromatic rings. The molecule has 1 atom stereocenters. The second-order valence-corrected chi connectivity index (χ2v) is 7.03. The van der Waals surface area contributed by atoms with Crippen molar-refractivity contribution < 1.29 is 13.5 Å².